The lowest BCUT2D eigenvalue weighted by Crippen LogP contribution is -2.58. The molecule has 14 heteroatoms. The van der Waals surface area contributed by atoms with Crippen LogP contribution in [-0.4, -0.2) is 93.9 Å². The van der Waals surface area contributed by atoms with Gasteiger partial charge in [0, 0.05) is 54.2 Å². The molecule has 1 saturated carbocycles. The molecule has 3 aliphatic rings. The minimum atomic E-state index is -1.01. The second-order valence-electron chi connectivity index (χ2n) is 14.1. The van der Waals surface area contributed by atoms with E-state index in [2.05, 4.69) is 31.2 Å². The van der Waals surface area contributed by atoms with Crippen molar-refractivity contribution in [2.75, 3.05) is 19.7 Å². The van der Waals surface area contributed by atoms with Gasteiger partial charge in [-0.25, -0.2) is 9.78 Å². The average molecular weight is 706 g/mol. The van der Waals surface area contributed by atoms with Crippen LogP contribution in [0.3, 0.4) is 0 Å². The molecule has 0 bridgehead atoms. The first-order valence-corrected chi connectivity index (χ1v) is 18.6. The number of ether oxygens (including phenoxy) is 1. The van der Waals surface area contributed by atoms with Gasteiger partial charge >= 0.3 is 6.03 Å². The third-order valence-corrected chi connectivity index (χ3v) is 11.0. The summed E-state index contributed by atoms with van der Waals surface area (Å²) in [7, 11) is 0. The summed E-state index contributed by atoms with van der Waals surface area (Å²) in [6.45, 7) is 4.48. The molecule has 13 nitrogen and oxygen atoms in total. The van der Waals surface area contributed by atoms with Crippen LogP contribution >= 0.6 is 11.3 Å². The van der Waals surface area contributed by atoms with E-state index >= 15 is 0 Å². The minimum absolute atomic E-state index is 0.0807. The van der Waals surface area contributed by atoms with Crippen LogP contribution in [0.5, 0.6) is 0 Å². The summed E-state index contributed by atoms with van der Waals surface area (Å²) in [5.74, 6) is -1.00. The predicted octanol–water partition coefficient (Wildman–Crippen LogP) is 3.46. The van der Waals surface area contributed by atoms with Crippen molar-refractivity contribution in [3.05, 3.63) is 52.6 Å². The van der Waals surface area contributed by atoms with Gasteiger partial charge in [0.1, 0.15) is 17.7 Å². The van der Waals surface area contributed by atoms with E-state index in [1.54, 1.807) is 30.3 Å². The number of ketones is 1. The first-order valence-electron chi connectivity index (χ1n) is 17.7. The fourth-order valence-corrected chi connectivity index (χ4v) is 7.60. The molecule has 3 aromatic rings. The maximum atomic E-state index is 14.1. The number of aromatic amines is 1. The molecule has 5 N–H and O–H groups in total. The largest absolute Gasteiger partial charge is 0.361 e. The number of aromatic nitrogens is 2. The van der Waals surface area contributed by atoms with Crippen molar-refractivity contribution in [3.63, 3.8) is 0 Å². The lowest BCUT2D eigenvalue weighted by atomic mass is 9.82. The van der Waals surface area contributed by atoms with Crippen LogP contribution in [0.2, 0.25) is 0 Å². The van der Waals surface area contributed by atoms with Crippen molar-refractivity contribution in [2.45, 2.75) is 101 Å². The molecule has 50 heavy (non-hydrogen) atoms. The number of rotatable bonds is 13. The minimum Gasteiger partial charge on any atom is -0.361 e. The highest BCUT2D eigenvalue weighted by Gasteiger charge is 2.50. The normalized spacial score (nSPS) is 21.5. The Morgan fingerprint density at radius 3 is 2.42 bits per heavy atom. The standard InChI is InChI=1S/C36H47N7O6S/c1-22(39-35(48)43-15-12-25(13-16-43)40-33(47)34-37-14-17-50-34)31(45)42-29(19-24-20-38-27-11-7-6-10-26(24)27)32(46)41-28(30(44)36(2)21-49-36)18-23-8-4-3-5-9-23/h6-7,10-11,14,17,20,22-23,25,28-29,38H,3-5,8-9,12-13,15-16,18-19,21H2,1-2H3,(H,39,48)(H,40,47)(H,41,46)(H,42,45)/t22-,28+,29+,36-/m1/s1. The number of carbonyl (C=O) groups is 5. The Hall–Kier alpha value is -4.30. The van der Waals surface area contributed by atoms with Gasteiger partial charge in [-0.15, -0.1) is 11.3 Å². The molecule has 1 aromatic carbocycles. The van der Waals surface area contributed by atoms with E-state index in [0.29, 0.717) is 49.9 Å². The first kappa shape index (κ1) is 35.5. The predicted molar refractivity (Wildman–Crippen MR) is 189 cm³/mol. The van der Waals surface area contributed by atoms with Crippen LogP contribution in [0.25, 0.3) is 10.9 Å². The number of benzene rings is 1. The molecule has 0 unspecified atom stereocenters. The van der Waals surface area contributed by atoms with Gasteiger partial charge in [-0.1, -0.05) is 50.3 Å². The number of Topliss-reactive ketones (excluding diaryl/α,β-unsaturated/α-hetero) is 1. The molecule has 2 aromatic heterocycles. The zero-order valence-electron chi connectivity index (χ0n) is 28.7. The van der Waals surface area contributed by atoms with E-state index in [1.807, 2.05) is 30.5 Å². The highest BCUT2D eigenvalue weighted by atomic mass is 32.1. The molecule has 268 valence electrons. The molecular formula is C36H47N7O6S. The summed E-state index contributed by atoms with van der Waals surface area (Å²) in [5.41, 5.74) is 0.849. The SMILES string of the molecule is C[C@@H](NC(=O)N1CCC(NC(=O)c2nccs2)CC1)C(=O)N[C@@H](Cc1c[nH]c2ccccc12)C(=O)N[C@@H](CC1CCCCC1)C(=O)[C@@]1(C)CO1. The molecule has 2 saturated heterocycles. The van der Waals surface area contributed by atoms with Gasteiger partial charge in [0.05, 0.1) is 12.6 Å². The third-order valence-electron chi connectivity index (χ3n) is 10.2. The highest BCUT2D eigenvalue weighted by Crippen LogP contribution is 2.33. The average Bonchev–Trinajstić information content (AvgIpc) is 3.46. The molecule has 5 amide bonds. The van der Waals surface area contributed by atoms with Crippen LogP contribution in [0.1, 0.15) is 80.6 Å². The second kappa shape index (κ2) is 15.7. The van der Waals surface area contributed by atoms with Crippen molar-refractivity contribution < 1.29 is 28.7 Å². The Morgan fingerprint density at radius 1 is 1.00 bits per heavy atom. The highest BCUT2D eigenvalue weighted by molar-refractivity contribution is 7.11. The number of nitrogens with one attached hydrogen (secondary N) is 5. The Kier molecular flexibility index (Phi) is 11.2. The Morgan fingerprint density at radius 2 is 1.72 bits per heavy atom. The Balaban J connectivity index is 1.09. The number of nitrogens with zero attached hydrogens (tertiary/aromatic N) is 2. The Bertz CT molecular complexity index is 1670. The first-order chi connectivity index (χ1) is 24.1. The van der Waals surface area contributed by atoms with Crippen LogP contribution < -0.4 is 21.3 Å². The van der Waals surface area contributed by atoms with Gasteiger partial charge in [-0.2, -0.15) is 0 Å². The lowest BCUT2D eigenvalue weighted by Gasteiger charge is -2.33. The second-order valence-corrected chi connectivity index (χ2v) is 14.9. The van der Waals surface area contributed by atoms with E-state index < -0.39 is 41.6 Å². The fraction of sp³-hybridized carbons (Fsp3) is 0.556. The smallest absolute Gasteiger partial charge is 0.318 e. The summed E-state index contributed by atoms with van der Waals surface area (Å²) < 4.78 is 5.48. The monoisotopic (exact) mass is 705 g/mol. The summed E-state index contributed by atoms with van der Waals surface area (Å²) in [4.78, 5) is 75.7. The van der Waals surface area contributed by atoms with Crippen LogP contribution in [0.4, 0.5) is 4.79 Å². The number of para-hydroxylation sites is 1. The number of urea groups is 1. The van der Waals surface area contributed by atoms with Gasteiger partial charge in [-0.05, 0) is 50.7 Å². The molecule has 3 fully saturated rings. The maximum absolute atomic E-state index is 14.1. The van der Waals surface area contributed by atoms with Crippen molar-refractivity contribution in [1.29, 1.82) is 0 Å². The van der Waals surface area contributed by atoms with Gasteiger partial charge in [0.25, 0.3) is 5.91 Å². The molecule has 4 atom stereocenters. The number of fused-ring (bicyclic) bond motifs is 1. The van der Waals surface area contributed by atoms with Crippen molar-refractivity contribution in [2.24, 2.45) is 5.92 Å². The van der Waals surface area contributed by atoms with Crippen LogP contribution in [0, 0.1) is 5.92 Å². The number of piperidine rings is 1. The Labute approximate surface area is 295 Å². The quantitative estimate of drug-likeness (QED) is 0.169. The van der Waals surface area contributed by atoms with E-state index in [0.717, 1.165) is 42.1 Å². The van der Waals surface area contributed by atoms with Crippen molar-refractivity contribution in [3.8, 4) is 0 Å². The summed E-state index contributed by atoms with van der Waals surface area (Å²) >= 11 is 1.27. The van der Waals surface area contributed by atoms with Crippen molar-refractivity contribution in [1.82, 2.24) is 36.1 Å². The number of amides is 5. The summed E-state index contributed by atoms with van der Waals surface area (Å²) in [6, 6.07) is 4.57. The number of likely N-dealkylation sites (tertiary alicyclic amines) is 1. The molecule has 2 aliphatic heterocycles. The van der Waals surface area contributed by atoms with E-state index in [1.165, 1.54) is 17.8 Å². The molecule has 4 heterocycles. The molecular weight excluding hydrogens is 659 g/mol. The summed E-state index contributed by atoms with van der Waals surface area (Å²) in [5, 5.41) is 14.7. The zero-order chi connectivity index (χ0) is 35.3. The van der Waals surface area contributed by atoms with Gasteiger partial charge < -0.3 is 35.9 Å². The lowest BCUT2D eigenvalue weighted by molar-refractivity contribution is -0.133. The number of epoxide rings is 1. The third kappa shape index (κ3) is 8.70. The number of H-pyrrole nitrogens is 1. The number of thiazole rings is 1. The number of hydrogen-bond donors (Lipinski definition) is 5. The number of carbonyl (C=O) groups excluding carboxylic acids is 5. The van der Waals surface area contributed by atoms with Crippen LogP contribution in [-0.2, 0) is 25.5 Å². The fourth-order valence-electron chi connectivity index (χ4n) is 7.06. The zero-order valence-corrected chi connectivity index (χ0v) is 29.5. The van der Waals surface area contributed by atoms with Gasteiger partial charge in [0.2, 0.25) is 11.8 Å². The van der Waals surface area contributed by atoms with Crippen LogP contribution in [0.15, 0.2) is 42.0 Å². The molecule has 6 rings (SSSR count). The molecule has 1 aliphatic carbocycles. The maximum Gasteiger partial charge on any atom is 0.318 e. The molecule has 0 radical (unpaired) electrons. The van der Waals surface area contributed by atoms with Gasteiger partial charge in [0.15, 0.2) is 10.8 Å². The molecule has 0 spiro atoms. The van der Waals surface area contributed by atoms with E-state index in [-0.39, 0.29) is 24.2 Å². The van der Waals surface area contributed by atoms with E-state index in [4.69, 9.17) is 4.74 Å². The topological polar surface area (TPSA) is 178 Å². The van der Waals surface area contributed by atoms with Gasteiger partial charge in [-0.3, -0.25) is 19.2 Å². The number of hydrogen-bond acceptors (Lipinski definition) is 8. The van der Waals surface area contributed by atoms with E-state index in [9.17, 15) is 24.0 Å². The van der Waals surface area contributed by atoms with Crippen molar-refractivity contribution >= 4 is 51.8 Å². The summed E-state index contributed by atoms with van der Waals surface area (Å²) in [6.07, 6.45) is 10.7.